The summed E-state index contributed by atoms with van der Waals surface area (Å²) in [5.41, 5.74) is 2.80. The van der Waals surface area contributed by atoms with Crippen LogP contribution < -0.4 is 19.5 Å². The number of methoxy groups -OCH3 is 1. The van der Waals surface area contributed by atoms with Gasteiger partial charge in [0.2, 0.25) is 0 Å². The number of aromatic nitrogens is 1. The van der Waals surface area contributed by atoms with Gasteiger partial charge in [0.05, 0.1) is 24.9 Å². The summed E-state index contributed by atoms with van der Waals surface area (Å²) in [6.07, 6.45) is 1.93. The number of ether oxygens (including phenoxy) is 3. The van der Waals surface area contributed by atoms with Crippen LogP contribution in [0.1, 0.15) is 23.7 Å². The van der Waals surface area contributed by atoms with Crippen molar-refractivity contribution in [2.45, 2.75) is 25.1 Å². The summed E-state index contributed by atoms with van der Waals surface area (Å²) in [5, 5.41) is 25.7. The maximum atomic E-state index is 11.1. The lowest BCUT2D eigenvalue weighted by molar-refractivity contribution is 0.0510. The lowest BCUT2D eigenvalue weighted by Gasteiger charge is -2.39. The summed E-state index contributed by atoms with van der Waals surface area (Å²) in [6, 6.07) is 14.0. The third-order valence-electron chi connectivity index (χ3n) is 6.99. The fraction of sp³-hybridized carbons (Fsp3) is 0.444. The van der Waals surface area contributed by atoms with Crippen molar-refractivity contribution in [1.29, 1.82) is 0 Å². The SMILES string of the molecule is COc1cnc2cccc(C(O)CN3CCC(NCc4ccc5c(c4)OCCO5)C(CO)C3)c2c1. The Bertz CT molecular complexity index is 1160. The zero-order valence-electron chi connectivity index (χ0n) is 20.0. The van der Waals surface area contributed by atoms with E-state index in [1.54, 1.807) is 13.3 Å². The number of hydrogen-bond donors (Lipinski definition) is 3. The minimum Gasteiger partial charge on any atom is -0.495 e. The predicted molar refractivity (Wildman–Crippen MR) is 133 cm³/mol. The number of likely N-dealkylation sites (tertiary alicyclic amines) is 1. The molecule has 0 saturated carbocycles. The molecular formula is C27H33N3O5. The zero-order chi connectivity index (χ0) is 24.2. The van der Waals surface area contributed by atoms with Crippen molar-refractivity contribution >= 4 is 10.9 Å². The van der Waals surface area contributed by atoms with E-state index in [4.69, 9.17) is 14.2 Å². The molecule has 3 unspecified atom stereocenters. The summed E-state index contributed by atoms with van der Waals surface area (Å²) >= 11 is 0. The number of piperidine rings is 1. The molecule has 1 fully saturated rings. The summed E-state index contributed by atoms with van der Waals surface area (Å²) in [4.78, 5) is 6.68. The van der Waals surface area contributed by atoms with E-state index in [1.165, 1.54) is 0 Å². The number of nitrogens with zero attached hydrogens (tertiary/aromatic N) is 2. The molecule has 0 amide bonds. The average molecular weight is 480 g/mol. The summed E-state index contributed by atoms with van der Waals surface area (Å²) in [7, 11) is 1.61. The molecule has 3 heterocycles. The summed E-state index contributed by atoms with van der Waals surface area (Å²) in [5.74, 6) is 2.34. The smallest absolute Gasteiger partial charge is 0.161 e. The molecule has 2 aromatic carbocycles. The molecular weight excluding hydrogens is 446 g/mol. The highest BCUT2D eigenvalue weighted by molar-refractivity contribution is 5.83. The Morgan fingerprint density at radius 3 is 2.86 bits per heavy atom. The second kappa shape index (κ2) is 10.8. The van der Waals surface area contributed by atoms with Crippen molar-refractivity contribution in [3.8, 4) is 17.2 Å². The maximum Gasteiger partial charge on any atom is 0.161 e. The van der Waals surface area contributed by atoms with E-state index in [0.717, 1.165) is 53.0 Å². The molecule has 3 aromatic rings. The van der Waals surface area contributed by atoms with Gasteiger partial charge in [0.15, 0.2) is 11.5 Å². The van der Waals surface area contributed by atoms with E-state index in [2.05, 4.69) is 15.2 Å². The van der Waals surface area contributed by atoms with Crippen LogP contribution in [0.5, 0.6) is 17.2 Å². The van der Waals surface area contributed by atoms with Crippen molar-refractivity contribution in [2.24, 2.45) is 5.92 Å². The van der Waals surface area contributed by atoms with Crippen LogP contribution in [0, 0.1) is 5.92 Å². The normalized spacial score (nSPS) is 21.1. The monoisotopic (exact) mass is 479 g/mol. The Labute approximate surface area is 205 Å². The molecule has 0 radical (unpaired) electrons. The molecule has 3 atom stereocenters. The lowest BCUT2D eigenvalue weighted by Crippen LogP contribution is -2.51. The van der Waals surface area contributed by atoms with Gasteiger partial charge in [-0.3, -0.25) is 9.88 Å². The molecule has 5 rings (SSSR count). The molecule has 3 N–H and O–H groups in total. The van der Waals surface area contributed by atoms with Crippen LogP contribution in [-0.2, 0) is 6.54 Å². The number of fused-ring (bicyclic) bond motifs is 2. The zero-order valence-corrected chi connectivity index (χ0v) is 20.0. The van der Waals surface area contributed by atoms with Crippen LogP contribution in [0.2, 0.25) is 0 Å². The van der Waals surface area contributed by atoms with E-state index in [9.17, 15) is 10.2 Å². The van der Waals surface area contributed by atoms with E-state index < -0.39 is 6.10 Å². The van der Waals surface area contributed by atoms with Gasteiger partial charge in [-0.1, -0.05) is 18.2 Å². The third kappa shape index (κ3) is 5.36. The quantitative estimate of drug-likeness (QED) is 0.454. The molecule has 1 aromatic heterocycles. The highest BCUT2D eigenvalue weighted by atomic mass is 16.6. The van der Waals surface area contributed by atoms with Crippen LogP contribution in [0.25, 0.3) is 10.9 Å². The standard InChI is InChI=1S/C27H33N3O5/c1-33-20-12-22-21(3-2-4-24(22)29-14-20)25(32)16-30-8-7-23(19(15-30)17-31)28-13-18-5-6-26-27(11-18)35-10-9-34-26/h2-6,11-12,14,19,23,25,28,31-32H,7-10,13,15-17H2,1H3. The first kappa shape index (κ1) is 23.8. The Balaban J connectivity index is 1.20. The van der Waals surface area contributed by atoms with E-state index in [1.807, 2.05) is 42.5 Å². The van der Waals surface area contributed by atoms with Crippen molar-refractivity contribution in [2.75, 3.05) is 46.6 Å². The van der Waals surface area contributed by atoms with Gasteiger partial charge in [0.25, 0.3) is 0 Å². The Hall–Kier alpha value is -2.91. The largest absolute Gasteiger partial charge is 0.495 e. The first-order valence-electron chi connectivity index (χ1n) is 12.2. The fourth-order valence-corrected chi connectivity index (χ4v) is 5.07. The molecule has 1 saturated heterocycles. The van der Waals surface area contributed by atoms with Crippen molar-refractivity contribution in [3.05, 3.63) is 59.8 Å². The molecule has 2 aliphatic rings. The third-order valence-corrected chi connectivity index (χ3v) is 6.99. The van der Waals surface area contributed by atoms with E-state index >= 15 is 0 Å². The molecule has 8 nitrogen and oxygen atoms in total. The van der Waals surface area contributed by atoms with Crippen molar-refractivity contribution < 1.29 is 24.4 Å². The van der Waals surface area contributed by atoms with Gasteiger partial charge in [-0.15, -0.1) is 0 Å². The molecule has 8 heteroatoms. The average Bonchev–Trinajstić information content (AvgIpc) is 2.91. The molecule has 2 aliphatic heterocycles. The first-order valence-corrected chi connectivity index (χ1v) is 12.2. The number of aliphatic hydroxyl groups excluding tert-OH is 2. The van der Waals surface area contributed by atoms with Gasteiger partial charge >= 0.3 is 0 Å². The van der Waals surface area contributed by atoms with Gasteiger partial charge in [-0.05, 0) is 48.4 Å². The number of rotatable bonds is 8. The van der Waals surface area contributed by atoms with Crippen molar-refractivity contribution in [3.63, 3.8) is 0 Å². The minimum atomic E-state index is -0.658. The predicted octanol–water partition coefficient (Wildman–Crippen LogP) is 2.52. The van der Waals surface area contributed by atoms with Gasteiger partial charge in [0, 0.05) is 43.6 Å². The van der Waals surface area contributed by atoms with Crippen LogP contribution in [-0.4, -0.2) is 72.7 Å². The van der Waals surface area contributed by atoms with Crippen LogP contribution in [0.4, 0.5) is 0 Å². The van der Waals surface area contributed by atoms with Crippen molar-refractivity contribution in [1.82, 2.24) is 15.2 Å². The van der Waals surface area contributed by atoms with E-state index in [-0.39, 0.29) is 18.6 Å². The Kier molecular flexibility index (Phi) is 7.34. The maximum absolute atomic E-state index is 11.1. The van der Waals surface area contributed by atoms with E-state index in [0.29, 0.717) is 32.1 Å². The minimum absolute atomic E-state index is 0.0856. The summed E-state index contributed by atoms with van der Waals surface area (Å²) < 4.78 is 16.6. The molecule has 0 spiro atoms. The van der Waals surface area contributed by atoms with Crippen LogP contribution in [0.3, 0.4) is 0 Å². The number of hydrogen-bond acceptors (Lipinski definition) is 8. The molecule has 0 aliphatic carbocycles. The van der Waals surface area contributed by atoms with Gasteiger partial charge < -0.3 is 29.7 Å². The Morgan fingerprint density at radius 1 is 1.17 bits per heavy atom. The van der Waals surface area contributed by atoms with Gasteiger partial charge in [-0.25, -0.2) is 0 Å². The number of aliphatic hydroxyl groups is 2. The van der Waals surface area contributed by atoms with Gasteiger partial charge in [0.1, 0.15) is 19.0 Å². The lowest BCUT2D eigenvalue weighted by atomic mass is 9.91. The molecule has 35 heavy (non-hydrogen) atoms. The highest BCUT2D eigenvalue weighted by Crippen LogP contribution is 2.31. The number of nitrogens with one attached hydrogen (secondary N) is 1. The summed E-state index contributed by atoms with van der Waals surface area (Å²) in [6.45, 7) is 4.02. The van der Waals surface area contributed by atoms with Gasteiger partial charge in [-0.2, -0.15) is 0 Å². The number of pyridine rings is 1. The van der Waals surface area contributed by atoms with Crippen LogP contribution in [0.15, 0.2) is 48.7 Å². The Morgan fingerprint density at radius 2 is 2.03 bits per heavy atom. The first-order chi connectivity index (χ1) is 17.1. The highest BCUT2D eigenvalue weighted by Gasteiger charge is 2.30. The number of benzene rings is 2. The second-order valence-corrected chi connectivity index (χ2v) is 9.26. The molecule has 186 valence electrons. The number of β-amino-alcohol motifs (C(OH)–C–C–N with tert-alkyl or cyclic N) is 1. The van der Waals surface area contributed by atoms with Crippen LogP contribution >= 0.6 is 0 Å². The topological polar surface area (TPSA) is 96.3 Å². The second-order valence-electron chi connectivity index (χ2n) is 9.26. The fourth-order valence-electron chi connectivity index (χ4n) is 5.07. The molecule has 0 bridgehead atoms.